The molecule has 1 saturated heterocycles. The van der Waals surface area contributed by atoms with E-state index in [1.165, 1.54) is 10.4 Å². The van der Waals surface area contributed by atoms with Gasteiger partial charge in [-0.3, -0.25) is 0 Å². The van der Waals surface area contributed by atoms with E-state index in [1.807, 2.05) is 20.8 Å². The van der Waals surface area contributed by atoms with E-state index in [2.05, 4.69) is 0 Å². The highest BCUT2D eigenvalue weighted by Gasteiger charge is 2.39. The second-order valence-corrected chi connectivity index (χ2v) is 7.68. The quantitative estimate of drug-likeness (QED) is 0.909. The van der Waals surface area contributed by atoms with Crippen LogP contribution in [-0.4, -0.2) is 42.6 Å². The molecule has 20 heavy (non-hydrogen) atoms. The minimum Gasteiger partial charge on any atom is -0.462 e. The molecule has 114 valence electrons. The summed E-state index contributed by atoms with van der Waals surface area (Å²) in [7, 11) is -3.64. The van der Waals surface area contributed by atoms with Crippen molar-refractivity contribution in [3.8, 4) is 0 Å². The second-order valence-electron chi connectivity index (χ2n) is 5.78. The first-order valence-corrected chi connectivity index (χ1v) is 7.98. The van der Waals surface area contributed by atoms with Crippen molar-refractivity contribution in [2.24, 2.45) is 0 Å². The average molecular weight is 303 g/mol. The molecule has 1 fully saturated rings. The number of rotatable bonds is 3. The summed E-state index contributed by atoms with van der Waals surface area (Å²) in [4.78, 5) is 0.117. The van der Waals surface area contributed by atoms with Gasteiger partial charge >= 0.3 is 0 Å². The molecule has 1 aromatic rings. The summed E-state index contributed by atoms with van der Waals surface area (Å²) in [6, 6.07) is 1.39. The normalized spacial score (nSPS) is 23.9. The van der Waals surface area contributed by atoms with E-state index in [0.717, 1.165) is 0 Å². The molecule has 1 aromatic heterocycles. The minimum absolute atomic E-state index is 0.117. The van der Waals surface area contributed by atoms with Crippen LogP contribution in [0.3, 0.4) is 0 Å². The van der Waals surface area contributed by atoms with Crippen molar-refractivity contribution in [3.63, 3.8) is 0 Å². The Labute approximate surface area is 119 Å². The Morgan fingerprint density at radius 1 is 1.50 bits per heavy atom. The zero-order chi connectivity index (χ0) is 15.1. The van der Waals surface area contributed by atoms with Gasteiger partial charge in [-0.1, -0.05) is 0 Å². The number of aryl methyl sites for hydroxylation is 1. The number of hydrogen-bond acceptors (Lipinski definition) is 5. The van der Waals surface area contributed by atoms with Crippen molar-refractivity contribution >= 4 is 10.0 Å². The summed E-state index contributed by atoms with van der Waals surface area (Å²) in [6.45, 7) is 7.45. The Balaban J connectivity index is 2.36. The van der Waals surface area contributed by atoms with Gasteiger partial charge in [-0.15, -0.1) is 0 Å². The van der Waals surface area contributed by atoms with Crippen molar-refractivity contribution < 1.29 is 22.7 Å². The molecule has 6 nitrogen and oxygen atoms in total. The van der Waals surface area contributed by atoms with Gasteiger partial charge in [0, 0.05) is 19.2 Å². The molecule has 0 spiro atoms. The van der Waals surface area contributed by atoms with E-state index in [0.29, 0.717) is 18.8 Å². The lowest BCUT2D eigenvalue weighted by Gasteiger charge is -2.40. The maximum Gasteiger partial charge on any atom is 0.246 e. The number of ether oxygens (including phenoxy) is 1. The highest BCUT2D eigenvalue weighted by atomic mass is 32.2. The van der Waals surface area contributed by atoms with Crippen LogP contribution in [0.15, 0.2) is 15.4 Å². The van der Waals surface area contributed by atoms with Gasteiger partial charge in [0.1, 0.15) is 23.0 Å². The highest BCUT2D eigenvalue weighted by Crippen LogP contribution is 2.29. The van der Waals surface area contributed by atoms with Crippen LogP contribution in [0.2, 0.25) is 0 Å². The fourth-order valence-electron chi connectivity index (χ4n) is 2.58. The van der Waals surface area contributed by atoms with Crippen molar-refractivity contribution in [2.75, 3.05) is 13.1 Å². The van der Waals surface area contributed by atoms with E-state index in [-0.39, 0.29) is 23.4 Å². The number of sulfonamides is 1. The zero-order valence-electron chi connectivity index (χ0n) is 12.2. The van der Waals surface area contributed by atoms with Gasteiger partial charge in [-0.05, 0) is 27.7 Å². The van der Waals surface area contributed by atoms with Gasteiger partial charge in [0.25, 0.3) is 0 Å². The van der Waals surface area contributed by atoms with Crippen LogP contribution in [0, 0.1) is 6.92 Å². The smallest absolute Gasteiger partial charge is 0.246 e. The average Bonchev–Trinajstić information content (AvgIpc) is 2.68. The van der Waals surface area contributed by atoms with Crippen molar-refractivity contribution in [1.29, 1.82) is 0 Å². The Hall–Kier alpha value is -0.890. The van der Waals surface area contributed by atoms with Crippen molar-refractivity contribution in [2.45, 2.75) is 50.9 Å². The van der Waals surface area contributed by atoms with E-state index < -0.39 is 15.6 Å². The van der Waals surface area contributed by atoms with Crippen LogP contribution in [0.5, 0.6) is 0 Å². The summed E-state index contributed by atoms with van der Waals surface area (Å²) >= 11 is 0. The molecule has 1 N–H and O–H groups in total. The molecule has 0 bridgehead atoms. The minimum atomic E-state index is -3.64. The van der Waals surface area contributed by atoms with Gasteiger partial charge in [0.05, 0.1) is 11.7 Å². The number of furan rings is 1. The number of aliphatic hydroxyl groups is 1. The van der Waals surface area contributed by atoms with Gasteiger partial charge in [0.15, 0.2) is 0 Å². The zero-order valence-corrected chi connectivity index (χ0v) is 13.0. The molecule has 2 rings (SSSR count). The summed E-state index contributed by atoms with van der Waals surface area (Å²) in [6.07, 6.45) is -0.168. The fourth-order valence-corrected chi connectivity index (χ4v) is 4.43. The van der Waals surface area contributed by atoms with Crippen LogP contribution < -0.4 is 0 Å². The maximum atomic E-state index is 12.7. The predicted octanol–water partition coefficient (Wildman–Crippen LogP) is 1.27. The van der Waals surface area contributed by atoms with Gasteiger partial charge in [0.2, 0.25) is 10.0 Å². The van der Waals surface area contributed by atoms with Gasteiger partial charge < -0.3 is 14.3 Å². The third-order valence-corrected chi connectivity index (χ3v) is 5.15. The molecule has 0 aliphatic carbocycles. The molecule has 0 amide bonds. The topological polar surface area (TPSA) is 80.0 Å². The largest absolute Gasteiger partial charge is 0.462 e. The van der Waals surface area contributed by atoms with E-state index in [1.54, 1.807) is 6.92 Å². The Morgan fingerprint density at radius 2 is 2.15 bits per heavy atom. The SMILES string of the molecule is Cc1oc(CO)cc1S(=O)(=O)N1CC(C)OC(C)(C)C1. The van der Waals surface area contributed by atoms with Crippen LogP contribution in [0.25, 0.3) is 0 Å². The van der Waals surface area contributed by atoms with Gasteiger partial charge in [-0.2, -0.15) is 4.31 Å². The lowest BCUT2D eigenvalue weighted by atomic mass is 10.1. The molecule has 2 heterocycles. The molecule has 1 unspecified atom stereocenters. The molecule has 7 heteroatoms. The first-order chi connectivity index (χ1) is 9.15. The Bertz CT molecular complexity index is 590. The first kappa shape index (κ1) is 15.5. The molecule has 1 aliphatic rings. The summed E-state index contributed by atoms with van der Waals surface area (Å²) in [5.41, 5.74) is -0.526. The van der Waals surface area contributed by atoms with Crippen molar-refractivity contribution in [3.05, 3.63) is 17.6 Å². The molecular formula is C13H21NO5S. The van der Waals surface area contributed by atoms with E-state index >= 15 is 0 Å². The van der Waals surface area contributed by atoms with Gasteiger partial charge in [-0.25, -0.2) is 8.42 Å². The molecule has 0 aromatic carbocycles. The Kier molecular flexibility index (Phi) is 3.98. The summed E-state index contributed by atoms with van der Waals surface area (Å²) < 4.78 is 37.8. The molecule has 0 radical (unpaired) electrons. The highest BCUT2D eigenvalue weighted by molar-refractivity contribution is 7.89. The van der Waals surface area contributed by atoms with Crippen LogP contribution in [-0.2, 0) is 21.4 Å². The summed E-state index contributed by atoms with van der Waals surface area (Å²) in [5, 5.41) is 9.05. The monoisotopic (exact) mass is 303 g/mol. The lowest BCUT2D eigenvalue weighted by molar-refractivity contribution is -0.109. The van der Waals surface area contributed by atoms with Crippen molar-refractivity contribution in [1.82, 2.24) is 4.31 Å². The number of nitrogens with zero attached hydrogens (tertiary/aromatic N) is 1. The molecule has 0 saturated carbocycles. The first-order valence-electron chi connectivity index (χ1n) is 6.54. The maximum absolute atomic E-state index is 12.7. The summed E-state index contributed by atoms with van der Waals surface area (Å²) in [5.74, 6) is 0.549. The molecule has 1 atom stereocenters. The third-order valence-electron chi connectivity index (χ3n) is 3.24. The lowest BCUT2D eigenvalue weighted by Crippen LogP contribution is -2.53. The number of morpholine rings is 1. The number of aliphatic hydroxyl groups excluding tert-OH is 1. The standard InChI is InChI=1S/C13H21NO5S/c1-9-6-14(8-13(3,4)19-9)20(16,17)12-5-11(7-15)18-10(12)2/h5,9,15H,6-8H2,1-4H3. The van der Waals surface area contributed by atoms with Crippen LogP contribution in [0.1, 0.15) is 32.3 Å². The van der Waals surface area contributed by atoms with Crippen LogP contribution >= 0.6 is 0 Å². The molecular weight excluding hydrogens is 282 g/mol. The molecule has 1 aliphatic heterocycles. The van der Waals surface area contributed by atoms with E-state index in [4.69, 9.17) is 14.3 Å². The number of hydrogen-bond donors (Lipinski definition) is 1. The second kappa shape index (κ2) is 5.14. The van der Waals surface area contributed by atoms with E-state index in [9.17, 15) is 8.42 Å². The van der Waals surface area contributed by atoms with Crippen LogP contribution in [0.4, 0.5) is 0 Å². The predicted molar refractivity (Wildman–Crippen MR) is 72.8 cm³/mol. The fraction of sp³-hybridized carbons (Fsp3) is 0.692. The Morgan fingerprint density at radius 3 is 2.65 bits per heavy atom. The third kappa shape index (κ3) is 2.90.